The monoisotopic (exact) mass is 243 g/mol. The van der Waals surface area contributed by atoms with Crippen molar-refractivity contribution in [3.63, 3.8) is 0 Å². The van der Waals surface area contributed by atoms with Gasteiger partial charge in [-0.3, -0.25) is 0 Å². The summed E-state index contributed by atoms with van der Waals surface area (Å²) < 4.78 is 0. The van der Waals surface area contributed by atoms with Crippen molar-refractivity contribution in [2.75, 3.05) is 5.73 Å². The van der Waals surface area contributed by atoms with Crippen molar-refractivity contribution in [2.45, 2.75) is 13.8 Å². The van der Waals surface area contributed by atoms with Gasteiger partial charge in [-0.25, -0.2) is 4.98 Å². The minimum Gasteiger partial charge on any atom is -0.382 e. The molecule has 0 aliphatic carbocycles. The van der Waals surface area contributed by atoms with Crippen LogP contribution in [0.2, 0.25) is 0 Å². The summed E-state index contributed by atoms with van der Waals surface area (Å²) in [5.41, 5.74) is 9.47. The number of hydrogen-bond donors (Lipinski definition) is 2. The van der Waals surface area contributed by atoms with Gasteiger partial charge in [-0.2, -0.15) is 0 Å². The standard InChI is InChI=1S/C13H13N3S/c1-7-6-15-11-4-3-9(5-10(7)11)12-13(14)16-8(2)17-12/h3-6,15H,14H2,1-2H3. The Morgan fingerprint density at radius 2 is 2.12 bits per heavy atom. The highest BCUT2D eigenvalue weighted by molar-refractivity contribution is 7.15. The Balaban J connectivity index is 2.23. The second-order valence-electron chi connectivity index (χ2n) is 4.18. The van der Waals surface area contributed by atoms with E-state index in [2.05, 4.69) is 35.1 Å². The fourth-order valence-corrected chi connectivity index (χ4v) is 2.89. The van der Waals surface area contributed by atoms with E-state index >= 15 is 0 Å². The van der Waals surface area contributed by atoms with Gasteiger partial charge >= 0.3 is 0 Å². The first-order valence-electron chi connectivity index (χ1n) is 5.46. The first-order chi connectivity index (χ1) is 8.15. The lowest BCUT2D eigenvalue weighted by atomic mass is 10.1. The molecular weight excluding hydrogens is 230 g/mol. The summed E-state index contributed by atoms with van der Waals surface area (Å²) >= 11 is 1.64. The molecule has 3 N–H and O–H groups in total. The molecule has 0 aliphatic rings. The molecule has 86 valence electrons. The first-order valence-corrected chi connectivity index (χ1v) is 6.28. The molecule has 0 spiro atoms. The van der Waals surface area contributed by atoms with Crippen molar-refractivity contribution >= 4 is 28.1 Å². The molecule has 2 heterocycles. The van der Waals surface area contributed by atoms with Crippen LogP contribution in [-0.4, -0.2) is 9.97 Å². The van der Waals surface area contributed by atoms with E-state index in [0.717, 1.165) is 21.0 Å². The topological polar surface area (TPSA) is 54.7 Å². The minimum absolute atomic E-state index is 0.625. The van der Waals surface area contributed by atoms with Gasteiger partial charge in [0.25, 0.3) is 0 Å². The van der Waals surface area contributed by atoms with Gasteiger partial charge in [-0.15, -0.1) is 11.3 Å². The molecule has 17 heavy (non-hydrogen) atoms. The van der Waals surface area contributed by atoms with Crippen LogP contribution >= 0.6 is 11.3 Å². The smallest absolute Gasteiger partial charge is 0.142 e. The molecule has 0 atom stereocenters. The highest BCUT2D eigenvalue weighted by Gasteiger charge is 2.09. The number of aromatic amines is 1. The lowest BCUT2D eigenvalue weighted by molar-refractivity contribution is 1.31. The largest absolute Gasteiger partial charge is 0.382 e. The van der Waals surface area contributed by atoms with Gasteiger partial charge in [0.2, 0.25) is 0 Å². The summed E-state index contributed by atoms with van der Waals surface area (Å²) in [6.45, 7) is 4.08. The fourth-order valence-electron chi connectivity index (χ4n) is 2.05. The van der Waals surface area contributed by atoms with Gasteiger partial charge in [-0.05, 0) is 37.1 Å². The summed E-state index contributed by atoms with van der Waals surface area (Å²) in [4.78, 5) is 8.57. The van der Waals surface area contributed by atoms with Gasteiger partial charge in [0.05, 0.1) is 9.88 Å². The number of nitrogens with zero attached hydrogens (tertiary/aromatic N) is 1. The molecule has 1 aromatic carbocycles. The SMILES string of the molecule is Cc1nc(N)c(-c2ccc3[nH]cc(C)c3c2)s1. The predicted molar refractivity (Wildman–Crippen MR) is 73.3 cm³/mol. The molecule has 3 nitrogen and oxygen atoms in total. The number of rotatable bonds is 1. The predicted octanol–water partition coefficient (Wildman–Crippen LogP) is 3.49. The van der Waals surface area contributed by atoms with Crippen LogP contribution in [0, 0.1) is 13.8 Å². The third kappa shape index (κ3) is 1.61. The molecule has 3 aromatic rings. The number of H-pyrrole nitrogens is 1. The molecule has 4 heteroatoms. The number of nitrogens with two attached hydrogens (primary N) is 1. The fraction of sp³-hybridized carbons (Fsp3) is 0.154. The number of aromatic nitrogens is 2. The average molecular weight is 243 g/mol. The van der Waals surface area contributed by atoms with Crippen LogP contribution in [-0.2, 0) is 0 Å². The van der Waals surface area contributed by atoms with Crippen LogP contribution in [0.15, 0.2) is 24.4 Å². The van der Waals surface area contributed by atoms with Crippen molar-refractivity contribution in [1.82, 2.24) is 9.97 Å². The molecule has 0 amide bonds. The number of fused-ring (bicyclic) bond motifs is 1. The van der Waals surface area contributed by atoms with E-state index in [1.165, 1.54) is 10.9 Å². The van der Waals surface area contributed by atoms with Crippen molar-refractivity contribution in [1.29, 1.82) is 0 Å². The van der Waals surface area contributed by atoms with E-state index in [1.54, 1.807) is 11.3 Å². The second-order valence-corrected chi connectivity index (χ2v) is 5.38. The lowest BCUT2D eigenvalue weighted by Crippen LogP contribution is -1.87. The summed E-state index contributed by atoms with van der Waals surface area (Å²) in [7, 11) is 0. The first kappa shape index (κ1) is 10.4. The molecule has 0 fully saturated rings. The van der Waals surface area contributed by atoms with E-state index in [1.807, 2.05) is 13.1 Å². The summed E-state index contributed by atoms with van der Waals surface area (Å²) in [5.74, 6) is 0.625. The van der Waals surface area contributed by atoms with Crippen molar-refractivity contribution in [2.24, 2.45) is 0 Å². The number of thiazole rings is 1. The van der Waals surface area contributed by atoms with E-state index in [9.17, 15) is 0 Å². The highest BCUT2D eigenvalue weighted by Crippen LogP contribution is 2.34. The van der Waals surface area contributed by atoms with Crippen molar-refractivity contribution in [3.8, 4) is 10.4 Å². The van der Waals surface area contributed by atoms with Crippen molar-refractivity contribution < 1.29 is 0 Å². The third-order valence-electron chi connectivity index (χ3n) is 2.91. The molecule has 3 rings (SSSR count). The number of aryl methyl sites for hydroxylation is 2. The molecule has 0 unspecified atom stereocenters. The number of anilines is 1. The summed E-state index contributed by atoms with van der Waals surface area (Å²) in [6, 6.07) is 6.35. The third-order valence-corrected chi connectivity index (χ3v) is 3.95. The molecule has 0 aliphatic heterocycles. The zero-order valence-corrected chi connectivity index (χ0v) is 10.6. The number of benzene rings is 1. The maximum atomic E-state index is 5.92. The van der Waals surface area contributed by atoms with Gasteiger partial charge in [0, 0.05) is 17.1 Å². The van der Waals surface area contributed by atoms with E-state index in [4.69, 9.17) is 5.73 Å². The Morgan fingerprint density at radius 1 is 1.29 bits per heavy atom. The molecule has 0 saturated heterocycles. The van der Waals surface area contributed by atoms with Gasteiger partial charge < -0.3 is 10.7 Å². The Kier molecular flexibility index (Phi) is 2.19. The van der Waals surface area contributed by atoms with Crippen LogP contribution in [0.1, 0.15) is 10.6 Å². The second kappa shape index (κ2) is 3.60. The summed E-state index contributed by atoms with van der Waals surface area (Å²) in [5, 5.41) is 2.25. The number of hydrogen-bond acceptors (Lipinski definition) is 3. The van der Waals surface area contributed by atoms with Crippen LogP contribution in [0.4, 0.5) is 5.82 Å². The summed E-state index contributed by atoms with van der Waals surface area (Å²) in [6.07, 6.45) is 2.02. The average Bonchev–Trinajstić information content (AvgIpc) is 2.83. The Bertz CT molecular complexity index is 694. The zero-order valence-electron chi connectivity index (χ0n) is 9.74. The van der Waals surface area contributed by atoms with Crippen LogP contribution in [0.3, 0.4) is 0 Å². The molecule has 0 bridgehead atoms. The van der Waals surface area contributed by atoms with Crippen molar-refractivity contribution in [3.05, 3.63) is 35.0 Å². The maximum Gasteiger partial charge on any atom is 0.142 e. The van der Waals surface area contributed by atoms with Crippen LogP contribution < -0.4 is 5.73 Å². The molecule has 2 aromatic heterocycles. The van der Waals surface area contributed by atoms with Gasteiger partial charge in [0.15, 0.2) is 0 Å². The molecule has 0 radical (unpaired) electrons. The van der Waals surface area contributed by atoms with E-state index < -0.39 is 0 Å². The highest BCUT2D eigenvalue weighted by atomic mass is 32.1. The zero-order chi connectivity index (χ0) is 12.0. The normalized spacial score (nSPS) is 11.2. The molecule has 0 saturated carbocycles. The maximum absolute atomic E-state index is 5.92. The van der Waals surface area contributed by atoms with Crippen LogP contribution in [0.25, 0.3) is 21.3 Å². The molecular formula is C13H13N3S. The van der Waals surface area contributed by atoms with Gasteiger partial charge in [-0.1, -0.05) is 6.07 Å². The Labute approximate surface area is 103 Å². The number of nitrogens with one attached hydrogen (secondary N) is 1. The Morgan fingerprint density at radius 3 is 2.82 bits per heavy atom. The van der Waals surface area contributed by atoms with Gasteiger partial charge in [0.1, 0.15) is 5.82 Å². The van der Waals surface area contributed by atoms with Crippen LogP contribution in [0.5, 0.6) is 0 Å². The quantitative estimate of drug-likeness (QED) is 0.687. The van der Waals surface area contributed by atoms with E-state index in [-0.39, 0.29) is 0 Å². The van der Waals surface area contributed by atoms with E-state index in [0.29, 0.717) is 5.82 Å². The lowest BCUT2D eigenvalue weighted by Gasteiger charge is -2.00. The number of nitrogen functional groups attached to an aromatic ring is 1. The minimum atomic E-state index is 0.625. The Hall–Kier alpha value is -1.81.